The highest BCUT2D eigenvalue weighted by atomic mass is 31.2. The summed E-state index contributed by atoms with van der Waals surface area (Å²) < 4.78 is 50.4. The van der Waals surface area contributed by atoms with Crippen LogP contribution in [0.25, 0.3) is 0 Å². The SMILES string of the molecule is CCCCOP(=O)(OCCCC)C(Nc1cccc(F)c1)c1ccc2c(c1)OCO2. The molecule has 0 spiro atoms. The molecule has 1 aliphatic rings. The van der Waals surface area contributed by atoms with Crippen molar-refractivity contribution in [2.75, 3.05) is 25.3 Å². The molecule has 0 saturated heterocycles. The molecule has 2 aromatic carbocycles. The summed E-state index contributed by atoms with van der Waals surface area (Å²) in [4.78, 5) is 0. The van der Waals surface area contributed by atoms with Crippen LogP contribution < -0.4 is 14.8 Å². The third-order valence-corrected chi connectivity index (χ3v) is 6.84. The van der Waals surface area contributed by atoms with Gasteiger partial charge >= 0.3 is 7.60 Å². The van der Waals surface area contributed by atoms with E-state index in [4.69, 9.17) is 18.5 Å². The number of nitrogens with one attached hydrogen (secondary N) is 1. The standard InChI is InChI=1S/C22H29FNO5P/c1-3-5-12-28-30(25,29-13-6-4-2)22(24-19-9-7-8-18(23)15-19)17-10-11-20-21(14-17)27-16-26-20/h7-11,14-15,22,24H,3-6,12-13,16H2,1-2H3. The first-order valence-electron chi connectivity index (χ1n) is 10.4. The van der Waals surface area contributed by atoms with Gasteiger partial charge < -0.3 is 23.8 Å². The summed E-state index contributed by atoms with van der Waals surface area (Å²) in [5, 5.41) is 3.17. The Morgan fingerprint density at radius 2 is 1.73 bits per heavy atom. The lowest BCUT2D eigenvalue weighted by Crippen LogP contribution is -2.16. The van der Waals surface area contributed by atoms with E-state index < -0.39 is 19.2 Å². The number of fused-ring (bicyclic) bond motifs is 1. The minimum atomic E-state index is -3.65. The van der Waals surface area contributed by atoms with Crippen molar-refractivity contribution in [3.63, 3.8) is 0 Å². The highest BCUT2D eigenvalue weighted by molar-refractivity contribution is 7.54. The lowest BCUT2D eigenvalue weighted by Gasteiger charge is -2.29. The van der Waals surface area contributed by atoms with Crippen molar-refractivity contribution in [3.05, 3.63) is 53.8 Å². The van der Waals surface area contributed by atoms with E-state index in [9.17, 15) is 8.96 Å². The molecular formula is C22H29FNO5P. The van der Waals surface area contributed by atoms with E-state index in [1.54, 1.807) is 30.3 Å². The number of hydrogen-bond donors (Lipinski definition) is 1. The van der Waals surface area contributed by atoms with Crippen molar-refractivity contribution in [2.24, 2.45) is 0 Å². The average Bonchev–Trinajstić information content (AvgIpc) is 3.20. The zero-order valence-corrected chi connectivity index (χ0v) is 18.3. The van der Waals surface area contributed by atoms with E-state index >= 15 is 0 Å². The third kappa shape index (κ3) is 5.75. The van der Waals surface area contributed by atoms with Crippen LogP contribution in [0.3, 0.4) is 0 Å². The molecule has 1 atom stereocenters. The van der Waals surface area contributed by atoms with Crippen LogP contribution in [0.4, 0.5) is 10.1 Å². The molecule has 164 valence electrons. The Kier molecular flexibility index (Phi) is 8.14. The van der Waals surface area contributed by atoms with Crippen molar-refractivity contribution < 1.29 is 27.5 Å². The zero-order valence-electron chi connectivity index (χ0n) is 17.4. The summed E-state index contributed by atoms with van der Waals surface area (Å²) in [6, 6.07) is 11.3. The molecule has 0 aromatic heterocycles. The Hall–Kier alpha value is -2.08. The summed E-state index contributed by atoms with van der Waals surface area (Å²) in [5.74, 6) is -0.0373. The number of anilines is 1. The van der Waals surface area contributed by atoms with E-state index in [1.807, 2.05) is 13.8 Å². The molecule has 30 heavy (non-hydrogen) atoms. The lowest BCUT2D eigenvalue weighted by atomic mass is 10.2. The Balaban J connectivity index is 1.96. The van der Waals surface area contributed by atoms with Gasteiger partial charge in [0.15, 0.2) is 17.3 Å². The second kappa shape index (κ2) is 10.8. The monoisotopic (exact) mass is 437 g/mol. The fraction of sp³-hybridized carbons (Fsp3) is 0.455. The van der Waals surface area contributed by atoms with Crippen molar-refractivity contribution >= 4 is 13.3 Å². The molecule has 0 bridgehead atoms. The lowest BCUT2D eigenvalue weighted by molar-refractivity contribution is 0.174. The molecule has 3 rings (SSSR count). The van der Waals surface area contributed by atoms with Gasteiger partial charge in [0.2, 0.25) is 6.79 Å². The molecule has 2 aromatic rings. The Bertz CT molecular complexity index is 864. The van der Waals surface area contributed by atoms with Crippen molar-refractivity contribution in [1.82, 2.24) is 0 Å². The number of hydrogen-bond acceptors (Lipinski definition) is 6. The minimum absolute atomic E-state index is 0.137. The van der Waals surface area contributed by atoms with Gasteiger partial charge in [-0.1, -0.05) is 38.8 Å². The number of benzene rings is 2. The second-order valence-electron chi connectivity index (χ2n) is 7.08. The second-order valence-corrected chi connectivity index (χ2v) is 9.20. The molecule has 1 aliphatic heterocycles. The summed E-state index contributed by atoms with van der Waals surface area (Å²) in [7, 11) is -3.65. The maximum absolute atomic E-state index is 14.0. The van der Waals surface area contributed by atoms with E-state index in [0.29, 0.717) is 36.0 Å². The summed E-state index contributed by atoms with van der Waals surface area (Å²) >= 11 is 0. The van der Waals surface area contributed by atoms with Gasteiger partial charge in [0.25, 0.3) is 0 Å². The molecule has 0 radical (unpaired) electrons. The number of ether oxygens (including phenoxy) is 2. The number of halogens is 1. The average molecular weight is 437 g/mol. The maximum Gasteiger partial charge on any atom is 0.357 e. The fourth-order valence-electron chi connectivity index (χ4n) is 3.02. The topological polar surface area (TPSA) is 66.0 Å². The molecule has 0 saturated carbocycles. The van der Waals surface area contributed by atoms with Crippen molar-refractivity contribution in [3.8, 4) is 11.5 Å². The van der Waals surface area contributed by atoms with Crippen LogP contribution in [0, 0.1) is 5.82 Å². The fourth-order valence-corrected chi connectivity index (χ4v) is 5.00. The maximum atomic E-state index is 14.0. The van der Waals surface area contributed by atoms with Gasteiger partial charge in [0.05, 0.1) is 13.2 Å². The van der Waals surface area contributed by atoms with Crippen LogP contribution in [-0.4, -0.2) is 20.0 Å². The van der Waals surface area contributed by atoms with Gasteiger partial charge in [0, 0.05) is 5.69 Å². The van der Waals surface area contributed by atoms with Gasteiger partial charge in [0.1, 0.15) is 5.82 Å². The zero-order chi connectivity index (χ0) is 21.4. The van der Waals surface area contributed by atoms with E-state index in [1.165, 1.54) is 12.1 Å². The molecule has 6 nitrogen and oxygen atoms in total. The van der Waals surface area contributed by atoms with E-state index in [2.05, 4.69) is 5.32 Å². The number of unbranched alkanes of at least 4 members (excludes halogenated alkanes) is 2. The summed E-state index contributed by atoms with van der Waals surface area (Å²) in [6.45, 7) is 4.83. The predicted octanol–water partition coefficient (Wildman–Crippen LogP) is 6.49. The van der Waals surface area contributed by atoms with Crippen molar-refractivity contribution in [2.45, 2.75) is 45.3 Å². The van der Waals surface area contributed by atoms with Crippen LogP contribution in [-0.2, 0) is 13.6 Å². The molecule has 0 aliphatic carbocycles. The molecule has 0 fully saturated rings. The molecular weight excluding hydrogens is 408 g/mol. The summed E-state index contributed by atoms with van der Waals surface area (Å²) in [6.07, 6.45) is 3.33. The van der Waals surface area contributed by atoms with Gasteiger partial charge in [-0.25, -0.2) is 4.39 Å². The van der Waals surface area contributed by atoms with E-state index in [-0.39, 0.29) is 6.79 Å². The smallest absolute Gasteiger partial charge is 0.357 e. The highest BCUT2D eigenvalue weighted by Gasteiger charge is 2.38. The predicted molar refractivity (Wildman–Crippen MR) is 115 cm³/mol. The number of rotatable bonds is 12. The van der Waals surface area contributed by atoms with Crippen LogP contribution in [0.15, 0.2) is 42.5 Å². The van der Waals surface area contributed by atoms with Gasteiger partial charge in [-0.3, -0.25) is 4.57 Å². The molecule has 1 heterocycles. The highest BCUT2D eigenvalue weighted by Crippen LogP contribution is 2.61. The molecule has 1 unspecified atom stereocenters. The van der Waals surface area contributed by atoms with Crippen molar-refractivity contribution in [1.29, 1.82) is 0 Å². The van der Waals surface area contributed by atoms with Gasteiger partial charge in [-0.05, 0) is 48.7 Å². The van der Waals surface area contributed by atoms with Gasteiger partial charge in [-0.15, -0.1) is 0 Å². The Labute approximate surface area is 177 Å². The molecule has 0 amide bonds. The first-order chi connectivity index (χ1) is 14.6. The quantitative estimate of drug-likeness (QED) is 0.302. The Morgan fingerprint density at radius 1 is 1.03 bits per heavy atom. The third-order valence-electron chi connectivity index (χ3n) is 4.69. The van der Waals surface area contributed by atoms with Crippen LogP contribution in [0.2, 0.25) is 0 Å². The van der Waals surface area contributed by atoms with Crippen LogP contribution in [0.1, 0.15) is 50.9 Å². The van der Waals surface area contributed by atoms with Gasteiger partial charge in [-0.2, -0.15) is 0 Å². The largest absolute Gasteiger partial charge is 0.454 e. The van der Waals surface area contributed by atoms with E-state index in [0.717, 1.165) is 25.7 Å². The van der Waals surface area contributed by atoms with Crippen LogP contribution in [0.5, 0.6) is 11.5 Å². The first kappa shape index (κ1) is 22.6. The first-order valence-corrected chi connectivity index (χ1v) is 12.0. The minimum Gasteiger partial charge on any atom is -0.454 e. The molecule has 8 heteroatoms. The summed E-state index contributed by atoms with van der Waals surface area (Å²) in [5.41, 5.74) is 1.14. The van der Waals surface area contributed by atoms with Crippen LogP contribution >= 0.6 is 7.60 Å². The molecule has 1 N–H and O–H groups in total. The Morgan fingerprint density at radius 3 is 2.40 bits per heavy atom. The normalized spacial score (nSPS) is 14.0.